The van der Waals surface area contributed by atoms with Crippen molar-refractivity contribution in [3.8, 4) is 0 Å². The molecule has 96 valence electrons. The van der Waals surface area contributed by atoms with Crippen LogP contribution in [0.1, 0.15) is 16.2 Å². The van der Waals surface area contributed by atoms with Crippen LogP contribution in [0.15, 0.2) is 12.4 Å². The quantitative estimate of drug-likeness (QED) is 0.677. The lowest BCUT2D eigenvalue weighted by Crippen LogP contribution is -2.58. The average molecular weight is 249 g/mol. The number of aryl methyl sites for hydroxylation is 1. The van der Waals surface area contributed by atoms with Gasteiger partial charge in [-0.3, -0.25) is 14.6 Å². The van der Waals surface area contributed by atoms with Crippen molar-refractivity contribution in [1.29, 1.82) is 0 Å². The standard InChI is InChI=1S/C11H15N5O2/c1-7-4-15-8(5-14-7)11(18)16-3-2-13-6-9(16)10(12)17/h4-5,9,13H,2-3,6H2,1H3,(H2,12,17). The molecule has 2 heterocycles. The second-order valence-corrected chi connectivity index (χ2v) is 4.16. The Balaban J connectivity index is 2.20. The van der Waals surface area contributed by atoms with Gasteiger partial charge in [-0.2, -0.15) is 0 Å². The zero-order chi connectivity index (χ0) is 13.1. The summed E-state index contributed by atoms with van der Waals surface area (Å²) >= 11 is 0. The Kier molecular flexibility index (Phi) is 3.52. The lowest BCUT2D eigenvalue weighted by molar-refractivity contribution is -0.122. The highest BCUT2D eigenvalue weighted by Gasteiger charge is 2.31. The first-order chi connectivity index (χ1) is 8.59. The zero-order valence-corrected chi connectivity index (χ0v) is 10.1. The number of carbonyl (C=O) groups excluding carboxylic acids is 2. The molecule has 2 amide bonds. The van der Waals surface area contributed by atoms with Gasteiger partial charge in [0.2, 0.25) is 5.91 Å². The lowest BCUT2D eigenvalue weighted by atomic mass is 10.1. The summed E-state index contributed by atoms with van der Waals surface area (Å²) in [6.45, 7) is 3.23. The Morgan fingerprint density at radius 2 is 2.22 bits per heavy atom. The van der Waals surface area contributed by atoms with Crippen molar-refractivity contribution >= 4 is 11.8 Å². The third-order valence-corrected chi connectivity index (χ3v) is 2.83. The largest absolute Gasteiger partial charge is 0.368 e. The Hall–Kier alpha value is -2.02. The van der Waals surface area contributed by atoms with Gasteiger partial charge in [0.05, 0.1) is 11.9 Å². The Bertz CT molecular complexity index is 459. The fourth-order valence-corrected chi connectivity index (χ4v) is 1.85. The molecule has 1 aromatic heterocycles. The molecule has 1 aromatic rings. The van der Waals surface area contributed by atoms with E-state index < -0.39 is 11.9 Å². The van der Waals surface area contributed by atoms with Crippen LogP contribution in [0.25, 0.3) is 0 Å². The summed E-state index contributed by atoms with van der Waals surface area (Å²) < 4.78 is 0. The van der Waals surface area contributed by atoms with Crippen molar-refractivity contribution in [2.45, 2.75) is 13.0 Å². The molecule has 1 fully saturated rings. The van der Waals surface area contributed by atoms with Gasteiger partial charge in [-0.15, -0.1) is 0 Å². The third kappa shape index (κ3) is 2.45. The van der Waals surface area contributed by atoms with Gasteiger partial charge >= 0.3 is 0 Å². The highest BCUT2D eigenvalue weighted by atomic mass is 16.2. The number of rotatable bonds is 2. The van der Waals surface area contributed by atoms with E-state index in [0.29, 0.717) is 19.6 Å². The minimum absolute atomic E-state index is 0.230. The van der Waals surface area contributed by atoms with Crippen LogP contribution in [0.3, 0.4) is 0 Å². The van der Waals surface area contributed by atoms with E-state index in [1.165, 1.54) is 17.3 Å². The van der Waals surface area contributed by atoms with Crippen LogP contribution < -0.4 is 11.1 Å². The fraction of sp³-hybridized carbons (Fsp3) is 0.455. The molecule has 18 heavy (non-hydrogen) atoms. The van der Waals surface area contributed by atoms with Gasteiger partial charge in [0.25, 0.3) is 5.91 Å². The van der Waals surface area contributed by atoms with E-state index in [1.807, 2.05) is 0 Å². The molecule has 7 nitrogen and oxygen atoms in total. The summed E-state index contributed by atoms with van der Waals surface area (Å²) in [6.07, 6.45) is 2.94. The van der Waals surface area contributed by atoms with Crippen molar-refractivity contribution < 1.29 is 9.59 Å². The van der Waals surface area contributed by atoms with Crippen molar-refractivity contribution in [1.82, 2.24) is 20.2 Å². The van der Waals surface area contributed by atoms with Crippen molar-refractivity contribution in [3.63, 3.8) is 0 Å². The number of primary amides is 1. The van der Waals surface area contributed by atoms with Crippen molar-refractivity contribution in [2.75, 3.05) is 19.6 Å². The first-order valence-electron chi connectivity index (χ1n) is 5.69. The molecule has 1 aliphatic heterocycles. The molecule has 1 atom stereocenters. The zero-order valence-electron chi connectivity index (χ0n) is 10.1. The van der Waals surface area contributed by atoms with Gasteiger partial charge in [0, 0.05) is 25.8 Å². The van der Waals surface area contributed by atoms with Gasteiger partial charge < -0.3 is 16.0 Å². The Morgan fingerprint density at radius 3 is 2.83 bits per heavy atom. The normalized spacial score (nSPS) is 19.6. The monoisotopic (exact) mass is 249 g/mol. The molecule has 1 unspecified atom stereocenters. The van der Waals surface area contributed by atoms with Crippen LogP contribution in [-0.4, -0.2) is 52.4 Å². The molecule has 0 saturated carbocycles. The number of nitrogens with two attached hydrogens (primary N) is 1. The fourth-order valence-electron chi connectivity index (χ4n) is 1.85. The molecule has 0 radical (unpaired) electrons. The molecular formula is C11H15N5O2. The summed E-state index contributed by atoms with van der Waals surface area (Å²) in [7, 11) is 0. The lowest BCUT2D eigenvalue weighted by Gasteiger charge is -2.33. The van der Waals surface area contributed by atoms with Crippen molar-refractivity contribution in [2.24, 2.45) is 5.73 Å². The second-order valence-electron chi connectivity index (χ2n) is 4.16. The Morgan fingerprint density at radius 1 is 1.44 bits per heavy atom. The average Bonchev–Trinajstić information content (AvgIpc) is 2.39. The third-order valence-electron chi connectivity index (χ3n) is 2.83. The highest BCUT2D eigenvalue weighted by molar-refractivity contribution is 5.95. The predicted octanol–water partition coefficient (Wildman–Crippen LogP) is -1.32. The molecular weight excluding hydrogens is 234 g/mol. The summed E-state index contributed by atoms with van der Waals surface area (Å²) in [5.74, 6) is -0.830. The maximum atomic E-state index is 12.2. The highest BCUT2D eigenvalue weighted by Crippen LogP contribution is 2.08. The number of carbonyl (C=O) groups is 2. The van der Waals surface area contributed by atoms with Gasteiger partial charge in [0.15, 0.2) is 0 Å². The minimum Gasteiger partial charge on any atom is -0.368 e. The van der Waals surface area contributed by atoms with E-state index in [2.05, 4.69) is 15.3 Å². The number of aromatic nitrogens is 2. The number of nitrogens with zero attached hydrogens (tertiary/aromatic N) is 3. The van der Waals surface area contributed by atoms with Crippen LogP contribution in [0.2, 0.25) is 0 Å². The van der Waals surface area contributed by atoms with E-state index in [4.69, 9.17) is 5.73 Å². The first-order valence-corrected chi connectivity index (χ1v) is 5.69. The minimum atomic E-state index is -0.630. The van der Waals surface area contributed by atoms with Crippen molar-refractivity contribution in [3.05, 3.63) is 23.8 Å². The van der Waals surface area contributed by atoms with Crippen LogP contribution in [0, 0.1) is 6.92 Å². The Labute approximate surface area is 104 Å². The number of amides is 2. The van der Waals surface area contributed by atoms with Crippen LogP contribution in [0.4, 0.5) is 0 Å². The molecule has 0 aliphatic carbocycles. The molecule has 7 heteroatoms. The van der Waals surface area contributed by atoms with Gasteiger partial charge in [0.1, 0.15) is 11.7 Å². The summed E-state index contributed by atoms with van der Waals surface area (Å²) in [4.78, 5) is 33.0. The summed E-state index contributed by atoms with van der Waals surface area (Å²) in [5.41, 5.74) is 6.25. The topological polar surface area (TPSA) is 101 Å². The second kappa shape index (κ2) is 5.09. The van der Waals surface area contributed by atoms with Crippen LogP contribution in [0.5, 0.6) is 0 Å². The SMILES string of the molecule is Cc1cnc(C(=O)N2CCNCC2C(N)=O)cn1. The van der Waals surface area contributed by atoms with E-state index >= 15 is 0 Å². The van der Waals surface area contributed by atoms with Gasteiger partial charge in [-0.1, -0.05) is 0 Å². The molecule has 2 rings (SSSR count). The predicted molar refractivity (Wildman–Crippen MR) is 63.7 cm³/mol. The first kappa shape index (κ1) is 12.4. The van der Waals surface area contributed by atoms with E-state index in [1.54, 1.807) is 6.92 Å². The molecule has 0 spiro atoms. The summed E-state index contributed by atoms with van der Waals surface area (Å²) in [5, 5.41) is 3.03. The molecule has 1 saturated heterocycles. The number of hydrogen-bond acceptors (Lipinski definition) is 5. The van der Waals surface area contributed by atoms with Crippen LogP contribution >= 0.6 is 0 Å². The van der Waals surface area contributed by atoms with Gasteiger partial charge in [-0.25, -0.2) is 4.98 Å². The molecule has 0 aromatic carbocycles. The molecule has 1 aliphatic rings. The smallest absolute Gasteiger partial charge is 0.274 e. The van der Waals surface area contributed by atoms with E-state index in [9.17, 15) is 9.59 Å². The number of piperazine rings is 1. The number of hydrogen-bond donors (Lipinski definition) is 2. The maximum Gasteiger partial charge on any atom is 0.274 e. The molecule has 0 bridgehead atoms. The maximum absolute atomic E-state index is 12.2. The van der Waals surface area contributed by atoms with Gasteiger partial charge in [-0.05, 0) is 6.92 Å². The summed E-state index contributed by atoms with van der Waals surface area (Å²) in [6, 6.07) is -0.630. The van der Waals surface area contributed by atoms with Crippen LogP contribution in [-0.2, 0) is 4.79 Å². The molecule has 3 N–H and O–H groups in total. The van der Waals surface area contributed by atoms with E-state index in [-0.39, 0.29) is 11.6 Å². The van der Waals surface area contributed by atoms with E-state index in [0.717, 1.165) is 5.69 Å². The number of nitrogens with one attached hydrogen (secondary N) is 1.